The Morgan fingerprint density at radius 3 is 2.69 bits per heavy atom. The van der Waals surface area contributed by atoms with Crippen molar-refractivity contribution >= 4 is 45.2 Å². The van der Waals surface area contributed by atoms with E-state index >= 15 is 0 Å². The van der Waals surface area contributed by atoms with Crippen molar-refractivity contribution < 1.29 is 28.2 Å². The Morgan fingerprint density at radius 1 is 1.23 bits per heavy atom. The summed E-state index contributed by atoms with van der Waals surface area (Å²) in [5.41, 5.74) is 0.990. The summed E-state index contributed by atoms with van der Waals surface area (Å²) >= 11 is 4.80. The third-order valence-corrected chi connectivity index (χ3v) is 8.06. The molecule has 4 heterocycles. The van der Waals surface area contributed by atoms with Gasteiger partial charge in [0.25, 0.3) is 5.56 Å². The lowest BCUT2D eigenvalue weighted by molar-refractivity contribution is -0.139. The third-order valence-electron chi connectivity index (χ3n) is 6.51. The highest BCUT2D eigenvalue weighted by atomic mass is 79.9. The molecule has 0 aliphatic carbocycles. The van der Waals surface area contributed by atoms with Gasteiger partial charge in [-0.1, -0.05) is 11.3 Å². The van der Waals surface area contributed by atoms with Crippen LogP contribution in [0.2, 0.25) is 0 Å². The van der Waals surface area contributed by atoms with Crippen LogP contribution in [0.25, 0.3) is 6.08 Å². The molecule has 10 nitrogen and oxygen atoms in total. The Labute approximate surface area is 236 Å². The maximum absolute atomic E-state index is 13.9. The number of allylic oxidation sites excluding steroid dienone is 1. The topological polar surface area (TPSA) is 105 Å². The molecule has 12 heteroatoms. The molecule has 1 fully saturated rings. The number of anilines is 1. The van der Waals surface area contributed by atoms with Gasteiger partial charge in [-0.25, -0.2) is 9.79 Å². The van der Waals surface area contributed by atoms with Crippen LogP contribution in [0, 0.1) is 0 Å². The predicted molar refractivity (Wildman–Crippen MR) is 149 cm³/mol. The Hall–Kier alpha value is -3.35. The summed E-state index contributed by atoms with van der Waals surface area (Å²) in [6.07, 6.45) is 1.70. The van der Waals surface area contributed by atoms with Crippen LogP contribution in [0.1, 0.15) is 31.2 Å². The second-order valence-corrected chi connectivity index (χ2v) is 10.7. The van der Waals surface area contributed by atoms with E-state index in [0.717, 1.165) is 4.47 Å². The molecule has 0 unspecified atom stereocenters. The molecule has 39 heavy (non-hydrogen) atoms. The standard InChI is InChI=1S/C27H28BrN3O7S/c1-5-37-26(33)22-15(2)29-27-31(23(22)18-12-16(34-3)6-7-20(18)35-4)24(32)21(39-27)14-17-13-19(28)25(38-17)30-8-10-36-11-9-30/h6-7,12-14,23H,5,8-11H2,1-4H3/b21-14+/t23-/m1/s1. The van der Waals surface area contributed by atoms with Crippen LogP contribution in [-0.2, 0) is 14.3 Å². The highest BCUT2D eigenvalue weighted by Gasteiger charge is 2.35. The molecule has 0 spiro atoms. The van der Waals surface area contributed by atoms with Gasteiger partial charge < -0.3 is 28.3 Å². The molecule has 0 N–H and O–H groups in total. The van der Waals surface area contributed by atoms with Crippen LogP contribution < -0.4 is 29.3 Å². The maximum atomic E-state index is 13.9. The fourth-order valence-electron chi connectivity index (χ4n) is 4.70. The predicted octanol–water partition coefficient (Wildman–Crippen LogP) is 3.01. The molecule has 2 aliphatic rings. The Balaban J connectivity index is 1.68. The molecular formula is C27H28BrN3O7S. The van der Waals surface area contributed by atoms with E-state index in [-0.39, 0.29) is 17.7 Å². The number of fused-ring (bicyclic) bond motifs is 1. The van der Waals surface area contributed by atoms with Gasteiger partial charge in [-0.05, 0) is 48.0 Å². The van der Waals surface area contributed by atoms with Gasteiger partial charge in [0.15, 0.2) is 4.80 Å². The van der Waals surface area contributed by atoms with Crippen LogP contribution in [0.4, 0.5) is 5.88 Å². The fraction of sp³-hybridized carbons (Fsp3) is 0.370. The lowest BCUT2D eigenvalue weighted by atomic mass is 9.95. The van der Waals surface area contributed by atoms with Crippen molar-refractivity contribution in [2.45, 2.75) is 19.9 Å². The number of morpholine rings is 1. The Bertz CT molecular complexity index is 1610. The van der Waals surface area contributed by atoms with Crippen LogP contribution >= 0.6 is 27.3 Å². The summed E-state index contributed by atoms with van der Waals surface area (Å²) in [4.78, 5) is 34.3. The van der Waals surface area contributed by atoms with Crippen molar-refractivity contribution in [3.8, 4) is 11.5 Å². The van der Waals surface area contributed by atoms with E-state index in [2.05, 4.69) is 25.8 Å². The van der Waals surface area contributed by atoms with Gasteiger partial charge in [-0.2, -0.15) is 0 Å². The minimum Gasteiger partial charge on any atom is -0.497 e. The molecule has 2 aromatic heterocycles. The van der Waals surface area contributed by atoms with Crippen molar-refractivity contribution in [2.75, 3.05) is 52.0 Å². The second kappa shape index (κ2) is 11.4. The number of nitrogens with zero attached hydrogens (tertiary/aromatic N) is 3. The van der Waals surface area contributed by atoms with Crippen molar-refractivity contribution in [3.05, 3.63) is 71.0 Å². The molecule has 0 amide bonds. The summed E-state index contributed by atoms with van der Waals surface area (Å²) in [5, 5.41) is 0. The van der Waals surface area contributed by atoms with Gasteiger partial charge in [-0.3, -0.25) is 9.36 Å². The van der Waals surface area contributed by atoms with Gasteiger partial charge >= 0.3 is 5.97 Å². The minimum atomic E-state index is -0.834. The monoisotopic (exact) mass is 617 g/mol. The molecule has 0 radical (unpaired) electrons. The number of ether oxygens (including phenoxy) is 4. The number of rotatable bonds is 7. The zero-order valence-electron chi connectivity index (χ0n) is 22.0. The summed E-state index contributed by atoms with van der Waals surface area (Å²) in [5.74, 6) is 1.72. The molecular weight excluding hydrogens is 590 g/mol. The maximum Gasteiger partial charge on any atom is 0.338 e. The minimum absolute atomic E-state index is 0.181. The van der Waals surface area contributed by atoms with E-state index in [9.17, 15) is 9.59 Å². The molecule has 1 aromatic carbocycles. The van der Waals surface area contributed by atoms with Crippen molar-refractivity contribution in [3.63, 3.8) is 0 Å². The number of esters is 1. The summed E-state index contributed by atoms with van der Waals surface area (Å²) in [6.45, 7) is 6.32. The number of halogens is 1. The summed E-state index contributed by atoms with van der Waals surface area (Å²) < 4.78 is 30.7. The number of benzene rings is 1. The van der Waals surface area contributed by atoms with E-state index in [0.29, 0.717) is 70.0 Å². The van der Waals surface area contributed by atoms with Gasteiger partial charge in [0.05, 0.1) is 54.3 Å². The van der Waals surface area contributed by atoms with Crippen molar-refractivity contribution in [1.29, 1.82) is 0 Å². The quantitative estimate of drug-likeness (QED) is 0.373. The number of methoxy groups -OCH3 is 2. The molecule has 2 aliphatic heterocycles. The van der Waals surface area contributed by atoms with Gasteiger partial charge in [0.2, 0.25) is 5.88 Å². The molecule has 1 atom stereocenters. The first kappa shape index (κ1) is 27.2. The fourth-order valence-corrected chi connectivity index (χ4v) is 6.28. The Kier molecular flexibility index (Phi) is 7.96. The van der Waals surface area contributed by atoms with E-state index in [1.165, 1.54) is 23.0 Å². The first-order valence-corrected chi connectivity index (χ1v) is 14.0. The lowest BCUT2D eigenvalue weighted by Gasteiger charge is -2.26. The van der Waals surface area contributed by atoms with Crippen LogP contribution in [0.3, 0.4) is 0 Å². The molecule has 3 aromatic rings. The zero-order chi connectivity index (χ0) is 27.7. The molecule has 5 rings (SSSR count). The van der Waals surface area contributed by atoms with Crippen LogP contribution in [-0.4, -0.2) is 57.7 Å². The number of hydrogen-bond acceptors (Lipinski definition) is 10. The summed E-state index contributed by atoms with van der Waals surface area (Å²) in [6, 6.07) is 6.26. The first-order valence-electron chi connectivity index (χ1n) is 12.4. The molecule has 206 valence electrons. The Morgan fingerprint density at radius 2 is 2.00 bits per heavy atom. The van der Waals surface area contributed by atoms with E-state index < -0.39 is 12.0 Å². The smallest absolute Gasteiger partial charge is 0.338 e. The average molecular weight is 619 g/mol. The number of hydrogen-bond donors (Lipinski definition) is 0. The van der Waals surface area contributed by atoms with Crippen molar-refractivity contribution in [2.24, 2.45) is 4.99 Å². The van der Waals surface area contributed by atoms with E-state index in [4.69, 9.17) is 23.4 Å². The largest absolute Gasteiger partial charge is 0.497 e. The van der Waals surface area contributed by atoms with Crippen molar-refractivity contribution in [1.82, 2.24) is 4.57 Å². The highest BCUT2D eigenvalue weighted by molar-refractivity contribution is 9.10. The van der Waals surface area contributed by atoms with Crippen LogP contribution in [0.15, 0.2) is 54.2 Å². The molecule has 0 bridgehead atoms. The number of furan rings is 1. The van der Waals surface area contributed by atoms with Gasteiger partial charge in [0.1, 0.15) is 23.3 Å². The summed E-state index contributed by atoms with van der Waals surface area (Å²) in [7, 11) is 3.09. The number of thiazole rings is 1. The molecule has 0 saturated carbocycles. The van der Waals surface area contributed by atoms with Gasteiger partial charge in [0, 0.05) is 30.8 Å². The number of carbonyl (C=O) groups is 1. The average Bonchev–Trinajstić information content (AvgIpc) is 3.46. The third kappa shape index (κ3) is 5.15. The zero-order valence-corrected chi connectivity index (χ0v) is 24.4. The van der Waals surface area contributed by atoms with E-state index in [1.807, 2.05) is 6.07 Å². The van der Waals surface area contributed by atoms with E-state index in [1.54, 1.807) is 45.2 Å². The second-order valence-electron chi connectivity index (χ2n) is 8.81. The lowest BCUT2D eigenvalue weighted by Crippen LogP contribution is -2.40. The number of carbonyl (C=O) groups excluding carboxylic acids is 1. The van der Waals surface area contributed by atoms with Gasteiger partial charge in [-0.15, -0.1) is 0 Å². The normalized spacial score (nSPS) is 17.6. The first-order chi connectivity index (χ1) is 18.9. The highest BCUT2D eigenvalue weighted by Crippen LogP contribution is 2.38. The van der Waals surface area contributed by atoms with Crippen LogP contribution in [0.5, 0.6) is 11.5 Å². The number of aromatic nitrogens is 1. The molecule has 1 saturated heterocycles. The SMILES string of the molecule is CCOC(=O)C1=C(C)N=c2s/c(=C/c3cc(Br)c(N4CCOCC4)o3)c(=O)n2[C@@H]1c1cc(OC)ccc1OC.